The number of benzene rings is 1. The molecule has 112 valence electrons. The molecule has 1 aliphatic rings. The number of hydrogen-bond acceptors (Lipinski definition) is 4. The van der Waals surface area contributed by atoms with Crippen LogP contribution in [0.2, 0.25) is 0 Å². The summed E-state index contributed by atoms with van der Waals surface area (Å²) in [6.07, 6.45) is 4.68. The van der Waals surface area contributed by atoms with Gasteiger partial charge >= 0.3 is 5.97 Å². The quantitative estimate of drug-likeness (QED) is 0.655. The van der Waals surface area contributed by atoms with E-state index in [0.717, 1.165) is 38.2 Å². The Kier molecular flexibility index (Phi) is 4.52. The maximum absolute atomic E-state index is 12.1. The van der Waals surface area contributed by atoms with Crippen molar-refractivity contribution in [2.45, 2.75) is 32.1 Å². The van der Waals surface area contributed by atoms with Crippen LogP contribution in [-0.4, -0.2) is 21.9 Å². The van der Waals surface area contributed by atoms with Gasteiger partial charge in [-0.1, -0.05) is 19.3 Å². The Morgan fingerprint density at radius 2 is 1.90 bits per heavy atom. The summed E-state index contributed by atoms with van der Waals surface area (Å²) < 4.78 is 0. The number of carbonyl (C=O) groups is 2. The van der Waals surface area contributed by atoms with Crippen molar-refractivity contribution in [3.05, 3.63) is 33.9 Å². The Morgan fingerprint density at radius 3 is 2.48 bits per heavy atom. The Bertz CT molecular complexity index is 579. The first-order chi connectivity index (χ1) is 9.99. The molecule has 0 aromatic heterocycles. The smallest absolute Gasteiger partial charge is 0.338 e. The summed E-state index contributed by atoms with van der Waals surface area (Å²) >= 11 is 0. The summed E-state index contributed by atoms with van der Waals surface area (Å²) in [7, 11) is 0. The predicted octanol–water partition coefficient (Wildman–Crippen LogP) is 2.81. The molecular formula is C14H16N2O5. The van der Waals surface area contributed by atoms with E-state index in [9.17, 15) is 19.7 Å². The van der Waals surface area contributed by atoms with Crippen molar-refractivity contribution in [2.24, 2.45) is 5.92 Å². The van der Waals surface area contributed by atoms with Crippen LogP contribution in [0, 0.1) is 16.0 Å². The van der Waals surface area contributed by atoms with Crippen LogP contribution in [0.4, 0.5) is 11.4 Å². The van der Waals surface area contributed by atoms with Crippen LogP contribution in [0.3, 0.4) is 0 Å². The molecule has 2 rings (SSSR count). The highest BCUT2D eigenvalue weighted by atomic mass is 16.6. The second-order valence-electron chi connectivity index (χ2n) is 5.12. The van der Waals surface area contributed by atoms with Crippen molar-refractivity contribution >= 4 is 23.3 Å². The van der Waals surface area contributed by atoms with Gasteiger partial charge in [0.2, 0.25) is 5.91 Å². The highest BCUT2D eigenvalue weighted by molar-refractivity contribution is 6.01. The zero-order valence-corrected chi connectivity index (χ0v) is 11.4. The molecule has 1 amide bonds. The fourth-order valence-corrected chi connectivity index (χ4v) is 2.53. The Morgan fingerprint density at radius 1 is 1.24 bits per heavy atom. The first-order valence-corrected chi connectivity index (χ1v) is 6.81. The van der Waals surface area contributed by atoms with Gasteiger partial charge < -0.3 is 10.4 Å². The lowest BCUT2D eigenvalue weighted by atomic mass is 9.88. The number of aromatic carboxylic acids is 1. The standard InChI is InChI=1S/C14H16N2O5/c17-13(9-4-2-1-3-5-9)15-12-7-6-10(16(20)21)8-11(12)14(18)19/h6-9H,1-5H2,(H,15,17)(H,18,19). The van der Waals surface area contributed by atoms with Crippen LogP contribution in [-0.2, 0) is 4.79 Å². The first-order valence-electron chi connectivity index (χ1n) is 6.81. The van der Waals surface area contributed by atoms with Gasteiger partial charge in [0.25, 0.3) is 5.69 Å². The zero-order valence-electron chi connectivity index (χ0n) is 11.4. The van der Waals surface area contributed by atoms with Gasteiger partial charge in [0.05, 0.1) is 16.2 Å². The monoisotopic (exact) mass is 292 g/mol. The van der Waals surface area contributed by atoms with E-state index in [1.54, 1.807) is 0 Å². The number of carboxylic acid groups (broad SMARTS) is 1. The molecule has 7 nitrogen and oxygen atoms in total. The van der Waals surface area contributed by atoms with Crippen molar-refractivity contribution in [1.29, 1.82) is 0 Å². The molecule has 0 saturated heterocycles. The molecule has 1 aromatic rings. The number of nitro groups is 1. The third-order valence-corrected chi connectivity index (χ3v) is 3.68. The minimum Gasteiger partial charge on any atom is -0.478 e. The van der Waals surface area contributed by atoms with Gasteiger partial charge in [-0.15, -0.1) is 0 Å². The summed E-state index contributed by atoms with van der Waals surface area (Å²) in [5, 5.41) is 22.4. The van der Waals surface area contributed by atoms with Crippen LogP contribution in [0.25, 0.3) is 0 Å². The average Bonchev–Trinajstić information content (AvgIpc) is 2.48. The number of nitro benzene ring substituents is 1. The lowest BCUT2D eigenvalue weighted by Gasteiger charge is -2.21. The lowest BCUT2D eigenvalue weighted by molar-refractivity contribution is -0.384. The Balaban J connectivity index is 2.20. The summed E-state index contributed by atoms with van der Waals surface area (Å²) in [6, 6.07) is 3.41. The van der Waals surface area contributed by atoms with Crippen molar-refractivity contribution in [1.82, 2.24) is 0 Å². The predicted molar refractivity (Wildman–Crippen MR) is 75.3 cm³/mol. The van der Waals surface area contributed by atoms with Gasteiger partial charge in [0.15, 0.2) is 0 Å². The number of carbonyl (C=O) groups excluding carboxylic acids is 1. The summed E-state index contributed by atoms with van der Waals surface area (Å²) in [5.74, 6) is -1.64. The highest BCUT2D eigenvalue weighted by Gasteiger charge is 2.23. The van der Waals surface area contributed by atoms with Crippen LogP contribution in [0.15, 0.2) is 18.2 Å². The number of non-ortho nitro benzene ring substituents is 1. The maximum Gasteiger partial charge on any atom is 0.338 e. The average molecular weight is 292 g/mol. The number of carboxylic acids is 1. The molecule has 1 saturated carbocycles. The number of nitrogens with zero attached hydrogens (tertiary/aromatic N) is 1. The number of amides is 1. The molecule has 0 unspecified atom stereocenters. The maximum atomic E-state index is 12.1. The Hall–Kier alpha value is -2.44. The number of hydrogen-bond donors (Lipinski definition) is 2. The van der Waals surface area contributed by atoms with Crippen LogP contribution >= 0.6 is 0 Å². The number of rotatable bonds is 4. The van der Waals surface area contributed by atoms with E-state index in [1.807, 2.05) is 0 Å². The molecular weight excluding hydrogens is 276 g/mol. The molecule has 2 N–H and O–H groups in total. The van der Waals surface area contributed by atoms with Crippen LogP contribution in [0.5, 0.6) is 0 Å². The molecule has 0 aliphatic heterocycles. The van der Waals surface area contributed by atoms with Crippen molar-refractivity contribution in [3.8, 4) is 0 Å². The largest absolute Gasteiger partial charge is 0.478 e. The number of anilines is 1. The molecule has 21 heavy (non-hydrogen) atoms. The molecule has 1 fully saturated rings. The van der Waals surface area contributed by atoms with Crippen molar-refractivity contribution < 1.29 is 19.6 Å². The normalized spacial score (nSPS) is 15.4. The van der Waals surface area contributed by atoms with E-state index in [2.05, 4.69) is 5.32 Å². The van der Waals surface area contributed by atoms with E-state index >= 15 is 0 Å². The van der Waals surface area contributed by atoms with Gasteiger partial charge in [-0.3, -0.25) is 14.9 Å². The molecule has 0 spiro atoms. The number of nitrogens with one attached hydrogen (secondary N) is 1. The zero-order chi connectivity index (χ0) is 15.4. The SMILES string of the molecule is O=C(O)c1cc([N+](=O)[O-])ccc1NC(=O)C1CCCCC1. The van der Waals surface area contributed by atoms with Crippen LogP contribution < -0.4 is 5.32 Å². The van der Waals surface area contributed by atoms with Gasteiger partial charge in [-0.25, -0.2) is 4.79 Å². The molecule has 0 atom stereocenters. The van der Waals surface area contributed by atoms with Crippen LogP contribution in [0.1, 0.15) is 42.5 Å². The third-order valence-electron chi connectivity index (χ3n) is 3.68. The minimum absolute atomic E-state index is 0.101. The van der Waals surface area contributed by atoms with E-state index in [0.29, 0.717) is 0 Å². The van der Waals surface area contributed by atoms with E-state index in [1.165, 1.54) is 12.1 Å². The van der Waals surface area contributed by atoms with Crippen molar-refractivity contribution in [2.75, 3.05) is 5.32 Å². The van der Waals surface area contributed by atoms with E-state index in [4.69, 9.17) is 5.11 Å². The fraction of sp³-hybridized carbons (Fsp3) is 0.429. The van der Waals surface area contributed by atoms with Gasteiger partial charge in [-0.05, 0) is 18.9 Å². The molecule has 1 aromatic carbocycles. The summed E-state index contributed by atoms with van der Waals surface area (Å²) in [6.45, 7) is 0. The van der Waals surface area contributed by atoms with Gasteiger partial charge in [-0.2, -0.15) is 0 Å². The van der Waals surface area contributed by atoms with Gasteiger partial charge in [0, 0.05) is 18.1 Å². The second kappa shape index (κ2) is 6.34. The van der Waals surface area contributed by atoms with Gasteiger partial charge in [0.1, 0.15) is 0 Å². The van der Waals surface area contributed by atoms with E-state index < -0.39 is 10.9 Å². The summed E-state index contributed by atoms with van der Waals surface area (Å²) in [4.78, 5) is 33.3. The summed E-state index contributed by atoms with van der Waals surface area (Å²) in [5.41, 5.74) is -0.486. The van der Waals surface area contributed by atoms with E-state index in [-0.39, 0.29) is 28.8 Å². The molecule has 7 heteroatoms. The lowest BCUT2D eigenvalue weighted by Crippen LogP contribution is -2.25. The topological polar surface area (TPSA) is 110 Å². The minimum atomic E-state index is -1.31. The molecule has 1 aliphatic carbocycles. The molecule has 0 bridgehead atoms. The van der Waals surface area contributed by atoms with Crippen molar-refractivity contribution in [3.63, 3.8) is 0 Å². The Labute approximate surface area is 121 Å². The molecule has 0 radical (unpaired) electrons. The third kappa shape index (κ3) is 3.56. The molecule has 0 heterocycles. The first kappa shape index (κ1) is 15.0. The fourth-order valence-electron chi connectivity index (χ4n) is 2.53. The second-order valence-corrected chi connectivity index (χ2v) is 5.12. The highest BCUT2D eigenvalue weighted by Crippen LogP contribution is 2.27.